The van der Waals surface area contributed by atoms with E-state index in [0.717, 1.165) is 34.8 Å². The van der Waals surface area contributed by atoms with Gasteiger partial charge in [-0.15, -0.1) is 0 Å². The monoisotopic (exact) mass is 716 g/mol. The summed E-state index contributed by atoms with van der Waals surface area (Å²) in [5.41, 5.74) is 8.68. The van der Waals surface area contributed by atoms with Gasteiger partial charge >= 0.3 is 18.2 Å². The van der Waals surface area contributed by atoms with Gasteiger partial charge in [0.1, 0.15) is 5.82 Å². The molecule has 4 amide bonds. The van der Waals surface area contributed by atoms with Gasteiger partial charge in [-0.2, -0.15) is 13.2 Å². The molecule has 2 aliphatic heterocycles. The first-order valence-electron chi connectivity index (χ1n) is 16.8. The Morgan fingerprint density at radius 2 is 1.73 bits per heavy atom. The van der Waals surface area contributed by atoms with Crippen LogP contribution in [0.2, 0.25) is 5.02 Å². The number of amides is 4. The fraction of sp³-hybridized carbons (Fsp3) is 0.297. The number of para-hydroxylation sites is 3. The molecule has 264 valence electrons. The lowest BCUT2D eigenvalue weighted by Crippen LogP contribution is -2.52. The van der Waals surface area contributed by atoms with Crippen LogP contribution in [0.3, 0.4) is 0 Å². The molecule has 0 saturated carbocycles. The fourth-order valence-electron chi connectivity index (χ4n) is 7.03. The highest BCUT2D eigenvalue weighted by Crippen LogP contribution is 2.39. The van der Waals surface area contributed by atoms with Gasteiger partial charge in [-0.1, -0.05) is 41.9 Å². The molecule has 51 heavy (non-hydrogen) atoms. The van der Waals surface area contributed by atoms with Gasteiger partial charge in [-0.25, -0.2) is 14.6 Å². The van der Waals surface area contributed by atoms with E-state index in [1.54, 1.807) is 17.3 Å². The van der Waals surface area contributed by atoms with Crippen molar-refractivity contribution in [1.29, 1.82) is 0 Å². The summed E-state index contributed by atoms with van der Waals surface area (Å²) < 4.78 is 43.9. The number of nitrogen functional groups attached to an aromatic ring is 1. The summed E-state index contributed by atoms with van der Waals surface area (Å²) in [6.45, 7) is 1.73. The van der Waals surface area contributed by atoms with Crippen molar-refractivity contribution in [2.24, 2.45) is 0 Å². The van der Waals surface area contributed by atoms with Crippen molar-refractivity contribution < 1.29 is 22.8 Å². The quantitative estimate of drug-likeness (QED) is 0.153. The molecule has 4 N–H and O–H groups in total. The van der Waals surface area contributed by atoms with Crippen LogP contribution in [-0.2, 0) is 25.6 Å². The Kier molecular flexibility index (Phi) is 9.47. The van der Waals surface area contributed by atoms with E-state index in [-0.39, 0.29) is 35.1 Å². The van der Waals surface area contributed by atoms with Crippen LogP contribution in [0.4, 0.5) is 34.1 Å². The molecule has 3 aromatic carbocycles. The van der Waals surface area contributed by atoms with Gasteiger partial charge in [0.2, 0.25) is 0 Å². The Hall–Kier alpha value is -5.30. The number of rotatable bonds is 7. The molecule has 0 bridgehead atoms. The molecule has 5 aromatic rings. The number of halogens is 4. The van der Waals surface area contributed by atoms with E-state index in [2.05, 4.69) is 15.6 Å². The van der Waals surface area contributed by atoms with E-state index in [0.29, 0.717) is 50.4 Å². The molecule has 14 heteroatoms. The predicted octanol–water partition coefficient (Wildman–Crippen LogP) is 7.28. The van der Waals surface area contributed by atoms with Gasteiger partial charge in [-0.05, 0) is 78.4 Å². The fourth-order valence-corrected chi connectivity index (χ4v) is 7.27. The topological polar surface area (TPSA) is 121 Å². The summed E-state index contributed by atoms with van der Waals surface area (Å²) in [5, 5.41) is 5.89. The highest BCUT2D eigenvalue weighted by Gasteiger charge is 2.36. The Morgan fingerprint density at radius 1 is 1.00 bits per heavy atom. The second-order valence-corrected chi connectivity index (χ2v) is 13.3. The van der Waals surface area contributed by atoms with Crippen LogP contribution in [0.25, 0.3) is 11.0 Å². The number of nitrogens with one attached hydrogen (secondary N) is 2. The van der Waals surface area contributed by atoms with Crippen LogP contribution < -0.4 is 16.4 Å². The Bertz CT molecular complexity index is 2060. The number of imidazole rings is 1. The molecular formula is C37H36ClF3N8O2. The number of alkyl halides is 3. The number of benzene rings is 3. The van der Waals surface area contributed by atoms with Crippen LogP contribution >= 0.6 is 11.6 Å². The normalized spacial score (nSPS) is 16.0. The first-order valence-corrected chi connectivity index (χ1v) is 17.1. The van der Waals surface area contributed by atoms with E-state index in [1.807, 2.05) is 70.1 Å². The number of likely N-dealkylation sites (tertiary alicyclic amines) is 1. The van der Waals surface area contributed by atoms with Gasteiger partial charge in [0.05, 0.1) is 33.3 Å². The number of carbonyl (C=O) groups is 2. The minimum Gasteiger partial charge on any atom is -0.397 e. The average molecular weight is 717 g/mol. The van der Waals surface area contributed by atoms with Crippen molar-refractivity contribution in [3.8, 4) is 0 Å². The lowest BCUT2D eigenvalue weighted by molar-refractivity contribution is -0.137. The summed E-state index contributed by atoms with van der Waals surface area (Å²) in [6, 6.07) is 19.9. The van der Waals surface area contributed by atoms with Crippen molar-refractivity contribution in [1.82, 2.24) is 29.7 Å². The summed E-state index contributed by atoms with van der Waals surface area (Å²) >= 11 is 6.23. The van der Waals surface area contributed by atoms with Crippen molar-refractivity contribution in [2.75, 3.05) is 30.7 Å². The largest absolute Gasteiger partial charge is 0.418 e. The SMILES string of the molecule is Nc1c(Cl)cc(CC(NC(=O)N2CCC(N3CCc4ccccc4NC3=O)CC2)c2nc3ccccc3n2Cc2ccncc2)cc1C(F)(F)F. The van der Waals surface area contributed by atoms with E-state index in [4.69, 9.17) is 22.3 Å². The molecule has 0 aliphatic carbocycles. The van der Waals surface area contributed by atoms with Crippen LogP contribution in [-0.4, -0.2) is 62.1 Å². The molecular weight excluding hydrogens is 681 g/mol. The van der Waals surface area contributed by atoms with Crippen molar-refractivity contribution in [3.63, 3.8) is 0 Å². The highest BCUT2D eigenvalue weighted by atomic mass is 35.5. The van der Waals surface area contributed by atoms with E-state index >= 15 is 0 Å². The third-order valence-electron chi connectivity index (χ3n) is 9.65. The number of carbonyl (C=O) groups excluding carboxylic acids is 2. The number of hydrogen-bond donors (Lipinski definition) is 3. The average Bonchev–Trinajstić information content (AvgIpc) is 3.38. The number of nitrogens with zero attached hydrogens (tertiary/aromatic N) is 5. The molecule has 2 aliphatic rings. The minimum atomic E-state index is -4.73. The molecule has 7 rings (SSSR count). The zero-order valence-corrected chi connectivity index (χ0v) is 28.3. The lowest BCUT2D eigenvalue weighted by Gasteiger charge is -2.38. The number of aromatic nitrogens is 3. The molecule has 10 nitrogen and oxygen atoms in total. The van der Waals surface area contributed by atoms with Gasteiger partial charge in [-0.3, -0.25) is 4.98 Å². The molecule has 1 saturated heterocycles. The Balaban J connectivity index is 1.16. The molecule has 1 fully saturated rings. The number of pyridine rings is 1. The zero-order chi connectivity index (χ0) is 35.7. The number of piperidine rings is 1. The van der Waals surface area contributed by atoms with Crippen molar-refractivity contribution >= 4 is 46.1 Å². The number of nitrogens with two attached hydrogens (primary N) is 1. The van der Waals surface area contributed by atoms with Crippen LogP contribution in [0.1, 0.15) is 47.0 Å². The van der Waals surface area contributed by atoms with E-state index < -0.39 is 23.5 Å². The van der Waals surface area contributed by atoms with Gasteiger partial charge in [0.25, 0.3) is 0 Å². The van der Waals surface area contributed by atoms with Gasteiger partial charge in [0, 0.05) is 56.7 Å². The van der Waals surface area contributed by atoms with Crippen LogP contribution in [0.5, 0.6) is 0 Å². The Labute approximate surface area is 297 Å². The minimum absolute atomic E-state index is 0.0422. The number of fused-ring (bicyclic) bond motifs is 2. The van der Waals surface area contributed by atoms with Gasteiger partial charge in [0.15, 0.2) is 0 Å². The summed E-state index contributed by atoms with van der Waals surface area (Å²) in [6.07, 6.45) is 0.465. The first kappa shape index (κ1) is 34.2. The van der Waals surface area contributed by atoms with Crippen molar-refractivity contribution in [2.45, 2.75) is 50.5 Å². The second kappa shape index (κ2) is 14.1. The highest BCUT2D eigenvalue weighted by molar-refractivity contribution is 6.33. The number of anilines is 2. The molecule has 1 atom stereocenters. The number of urea groups is 2. The van der Waals surface area contributed by atoms with E-state index in [1.165, 1.54) is 6.07 Å². The first-order chi connectivity index (χ1) is 24.5. The third-order valence-corrected chi connectivity index (χ3v) is 9.97. The summed E-state index contributed by atoms with van der Waals surface area (Å²) in [5.74, 6) is 0.471. The zero-order valence-electron chi connectivity index (χ0n) is 27.5. The molecule has 0 radical (unpaired) electrons. The van der Waals surface area contributed by atoms with Crippen molar-refractivity contribution in [3.05, 3.63) is 118 Å². The molecule has 2 aromatic heterocycles. The summed E-state index contributed by atoms with van der Waals surface area (Å²) in [4.78, 5) is 39.7. The lowest BCUT2D eigenvalue weighted by atomic mass is 10.0. The maximum Gasteiger partial charge on any atom is 0.418 e. The number of hydrogen-bond acceptors (Lipinski definition) is 5. The summed E-state index contributed by atoms with van der Waals surface area (Å²) in [7, 11) is 0. The molecule has 4 heterocycles. The predicted molar refractivity (Wildman–Crippen MR) is 189 cm³/mol. The maximum absolute atomic E-state index is 14.0. The third kappa shape index (κ3) is 7.29. The Morgan fingerprint density at radius 3 is 2.49 bits per heavy atom. The second-order valence-electron chi connectivity index (χ2n) is 12.9. The van der Waals surface area contributed by atoms with Gasteiger partial charge < -0.3 is 30.7 Å². The molecule has 0 spiro atoms. The maximum atomic E-state index is 14.0. The van der Waals surface area contributed by atoms with Crippen LogP contribution in [0, 0.1) is 0 Å². The van der Waals surface area contributed by atoms with E-state index in [9.17, 15) is 22.8 Å². The molecule has 1 unspecified atom stereocenters. The standard InChI is InChI=1S/C37H36ClF3N8O2/c38-28-20-24(19-27(33(28)42)37(39,40)41)21-31(34-44-30-7-3-4-8-32(30)49(34)22-23-9-14-43-15-10-23)46-35(50)47-16-12-26(13-17-47)48-18-11-25-5-1-2-6-29(25)45-36(48)51/h1-10,14-15,19-20,26,31H,11-13,16-18,21-22,42H2,(H,45,51)(H,46,50). The smallest absolute Gasteiger partial charge is 0.397 e. The van der Waals surface area contributed by atoms with Crippen LogP contribution in [0.15, 0.2) is 85.2 Å².